The molecule has 0 spiro atoms. The minimum atomic E-state index is -3.23. The average molecular weight is 297 g/mol. The van der Waals surface area contributed by atoms with Gasteiger partial charge in [0.1, 0.15) is 0 Å². The van der Waals surface area contributed by atoms with Gasteiger partial charge in [0.15, 0.2) is 0 Å². The van der Waals surface area contributed by atoms with Gasteiger partial charge in [0.2, 0.25) is 10.0 Å². The van der Waals surface area contributed by atoms with Crippen LogP contribution < -0.4 is 4.72 Å². The maximum absolute atomic E-state index is 12.2. The smallest absolute Gasteiger partial charge is 0.214 e. The van der Waals surface area contributed by atoms with Crippen molar-refractivity contribution in [3.05, 3.63) is 35.4 Å². The number of rotatable bonds is 5. The summed E-state index contributed by atoms with van der Waals surface area (Å²) in [6, 6.07) is 8.20. The SMILES string of the molecule is Cc1cccc([C@@H](C)CNS(=O)(=O)C2CCOCC2)c1. The molecule has 0 bridgehead atoms. The molecule has 20 heavy (non-hydrogen) atoms. The highest BCUT2D eigenvalue weighted by molar-refractivity contribution is 7.90. The summed E-state index contributed by atoms with van der Waals surface area (Å²) in [6.07, 6.45) is 1.18. The molecule has 1 fully saturated rings. The van der Waals surface area contributed by atoms with Crippen LogP contribution in [-0.2, 0) is 14.8 Å². The topological polar surface area (TPSA) is 55.4 Å². The Morgan fingerprint density at radius 2 is 2.05 bits per heavy atom. The summed E-state index contributed by atoms with van der Waals surface area (Å²) >= 11 is 0. The molecule has 2 rings (SSSR count). The summed E-state index contributed by atoms with van der Waals surface area (Å²) < 4.78 is 32.4. The van der Waals surface area contributed by atoms with E-state index in [1.807, 2.05) is 32.0 Å². The van der Waals surface area contributed by atoms with Crippen LogP contribution in [0.5, 0.6) is 0 Å². The van der Waals surface area contributed by atoms with Gasteiger partial charge in [0.05, 0.1) is 5.25 Å². The van der Waals surface area contributed by atoms with Crippen LogP contribution in [-0.4, -0.2) is 33.4 Å². The molecular formula is C15H23NO3S. The van der Waals surface area contributed by atoms with Crippen molar-refractivity contribution in [3.63, 3.8) is 0 Å². The number of nitrogens with one attached hydrogen (secondary N) is 1. The third kappa shape index (κ3) is 4.04. The molecule has 4 nitrogen and oxygen atoms in total. The van der Waals surface area contributed by atoms with Gasteiger partial charge in [-0.05, 0) is 31.2 Å². The maximum Gasteiger partial charge on any atom is 0.214 e. The van der Waals surface area contributed by atoms with Crippen LogP contribution in [0.25, 0.3) is 0 Å². The minimum Gasteiger partial charge on any atom is -0.381 e. The first-order valence-corrected chi connectivity index (χ1v) is 8.66. The van der Waals surface area contributed by atoms with Crippen LogP contribution in [0.4, 0.5) is 0 Å². The monoisotopic (exact) mass is 297 g/mol. The molecule has 1 aliphatic heterocycles. The van der Waals surface area contributed by atoms with Gasteiger partial charge in [0, 0.05) is 19.8 Å². The number of hydrogen-bond acceptors (Lipinski definition) is 3. The van der Waals surface area contributed by atoms with Crippen molar-refractivity contribution < 1.29 is 13.2 Å². The zero-order valence-corrected chi connectivity index (χ0v) is 12.9. The molecule has 0 radical (unpaired) electrons. The molecule has 5 heteroatoms. The Hall–Kier alpha value is -0.910. The highest BCUT2D eigenvalue weighted by Gasteiger charge is 2.27. The van der Waals surface area contributed by atoms with Crippen molar-refractivity contribution in [1.82, 2.24) is 4.72 Å². The summed E-state index contributed by atoms with van der Waals surface area (Å²) in [6.45, 7) is 5.62. The molecule has 1 N–H and O–H groups in total. The van der Waals surface area contributed by atoms with E-state index in [-0.39, 0.29) is 11.2 Å². The van der Waals surface area contributed by atoms with Gasteiger partial charge in [-0.1, -0.05) is 36.8 Å². The number of ether oxygens (including phenoxy) is 1. The van der Waals surface area contributed by atoms with Crippen LogP contribution in [0.2, 0.25) is 0 Å². The second kappa shape index (κ2) is 6.70. The molecule has 0 saturated carbocycles. The van der Waals surface area contributed by atoms with Crippen LogP contribution in [0.15, 0.2) is 24.3 Å². The molecule has 1 aromatic rings. The summed E-state index contributed by atoms with van der Waals surface area (Å²) in [5.74, 6) is 0.171. The number of benzene rings is 1. The first kappa shape index (κ1) is 15.5. The van der Waals surface area contributed by atoms with E-state index < -0.39 is 10.0 Å². The fourth-order valence-electron chi connectivity index (χ4n) is 2.44. The van der Waals surface area contributed by atoms with Crippen molar-refractivity contribution in [2.75, 3.05) is 19.8 Å². The van der Waals surface area contributed by atoms with Gasteiger partial charge < -0.3 is 4.74 Å². The highest BCUT2D eigenvalue weighted by atomic mass is 32.2. The summed E-state index contributed by atoms with van der Waals surface area (Å²) in [5.41, 5.74) is 2.36. The van der Waals surface area contributed by atoms with Crippen LogP contribution >= 0.6 is 0 Å². The third-order valence-electron chi connectivity index (χ3n) is 3.81. The molecule has 1 aliphatic rings. The van der Waals surface area contributed by atoms with E-state index in [1.165, 1.54) is 11.1 Å². The molecule has 112 valence electrons. The Kier molecular flexibility index (Phi) is 5.18. The lowest BCUT2D eigenvalue weighted by molar-refractivity contribution is 0.0981. The third-order valence-corrected chi connectivity index (χ3v) is 5.73. The molecule has 1 saturated heterocycles. The molecule has 0 aliphatic carbocycles. The first-order valence-electron chi connectivity index (χ1n) is 7.12. The maximum atomic E-state index is 12.2. The minimum absolute atomic E-state index is 0.171. The van der Waals surface area contributed by atoms with Gasteiger partial charge in [0.25, 0.3) is 0 Å². The van der Waals surface area contributed by atoms with E-state index in [1.54, 1.807) is 0 Å². The second-order valence-corrected chi connectivity index (χ2v) is 7.57. The van der Waals surface area contributed by atoms with E-state index in [0.717, 1.165) is 0 Å². The molecule has 1 aromatic carbocycles. The lowest BCUT2D eigenvalue weighted by Gasteiger charge is -2.23. The number of aryl methyl sites for hydroxylation is 1. The predicted molar refractivity (Wildman–Crippen MR) is 80.4 cm³/mol. The lowest BCUT2D eigenvalue weighted by atomic mass is 10.00. The van der Waals surface area contributed by atoms with E-state index in [9.17, 15) is 8.42 Å². The fraction of sp³-hybridized carbons (Fsp3) is 0.600. The normalized spacial score (nSPS) is 18.9. The fourth-order valence-corrected chi connectivity index (χ4v) is 3.97. The van der Waals surface area contributed by atoms with Crippen LogP contribution in [0.1, 0.15) is 36.8 Å². The first-order chi connectivity index (χ1) is 9.49. The Bertz CT molecular complexity index is 536. The van der Waals surface area contributed by atoms with Gasteiger partial charge in [-0.3, -0.25) is 0 Å². The van der Waals surface area contributed by atoms with Crippen molar-refractivity contribution in [2.24, 2.45) is 0 Å². The molecular weight excluding hydrogens is 274 g/mol. The Morgan fingerprint density at radius 3 is 2.70 bits per heavy atom. The van der Waals surface area contributed by atoms with Gasteiger partial charge in [-0.25, -0.2) is 13.1 Å². The number of hydrogen-bond donors (Lipinski definition) is 1. The summed E-state index contributed by atoms with van der Waals surface area (Å²) in [7, 11) is -3.23. The van der Waals surface area contributed by atoms with Gasteiger partial charge in [-0.15, -0.1) is 0 Å². The molecule has 1 atom stereocenters. The standard InChI is InChI=1S/C15H23NO3S/c1-12-4-3-5-14(10-12)13(2)11-16-20(17,18)15-6-8-19-9-7-15/h3-5,10,13,15-16H,6-9,11H2,1-2H3/t13-/m0/s1. The van der Waals surface area contributed by atoms with E-state index in [0.29, 0.717) is 32.6 Å². The molecule has 0 amide bonds. The zero-order valence-electron chi connectivity index (χ0n) is 12.1. The van der Waals surface area contributed by atoms with E-state index >= 15 is 0 Å². The van der Waals surface area contributed by atoms with Crippen LogP contribution in [0.3, 0.4) is 0 Å². The lowest BCUT2D eigenvalue weighted by Crippen LogP contribution is -2.39. The quantitative estimate of drug-likeness (QED) is 0.906. The Labute approximate surface area is 121 Å². The highest BCUT2D eigenvalue weighted by Crippen LogP contribution is 2.18. The van der Waals surface area contributed by atoms with Gasteiger partial charge >= 0.3 is 0 Å². The van der Waals surface area contributed by atoms with E-state index in [2.05, 4.69) is 10.8 Å². The summed E-state index contributed by atoms with van der Waals surface area (Å²) in [5, 5.41) is -0.305. The molecule has 0 unspecified atom stereocenters. The average Bonchev–Trinajstić information content (AvgIpc) is 2.46. The van der Waals surface area contributed by atoms with Crippen molar-refractivity contribution in [2.45, 2.75) is 37.9 Å². The Morgan fingerprint density at radius 1 is 1.35 bits per heavy atom. The summed E-state index contributed by atoms with van der Waals surface area (Å²) in [4.78, 5) is 0. The zero-order chi connectivity index (χ0) is 14.6. The second-order valence-electron chi connectivity index (χ2n) is 5.52. The Balaban J connectivity index is 1.93. The van der Waals surface area contributed by atoms with Crippen molar-refractivity contribution in [3.8, 4) is 0 Å². The van der Waals surface area contributed by atoms with Crippen molar-refractivity contribution in [1.29, 1.82) is 0 Å². The van der Waals surface area contributed by atoms with E-state index in [4.69, 9.17) is 4.74 Å². The molecule has 1 heterocycles. The van der Waals surface area contributed by atoms with Crippen LogP contribution in [0, 0.1) is 6.92 Å². The number of sulfonamides is 1. The molecule has 0 aromatic heterocycles. The largest absolute Gasteiger partial charge is 0.381 e. The van der Waals surface area contributed by atoms with Crippen molar-refractivity contribution >= 4 is 10.0 Å². The van der Waals surface area contributed by atoms with Gasteiger partial charge in [-0.2, -0.15) is 0 Å². The predicted octanol–water partition coefficient (Wildman–Crippen LogP) is 2.20.